The molecule has 0 spiro atoms. The molecule has 0 aromatic carbocycles. The zero-order valence-electron chi connectivity index (χ0n) is 12.0. The SMILES string of the molecule is CCCN(CC(CO)(NCC)C1CC1)C(C)C. The number of likely N-dealkylation sites (N-methyl/N-ethyl adjacent to an activating group) is 1. The lowest BCUT2D eigenvalue weighted by atomic mass is 9.92. The monoisotopic (exact) mass is 242 g/mol. The highest BCUT2D eigenvalue weighted by molar-refractivity contribution is 5.03. The summed E-state index contributed by atoms with van der Waals surface area (Å²) in [7, 11) is 0. The molecule has 0 bridgehead atoms. The highest BCUT2D eigenvalue weighted by Gasteiger charge is 2.45. The van der Waals surface area contributed by atoms with E-state index in [1.165, 1.54) is 19.3 Å². The molecule has 0 heterocycles. The van der Waals surface area contributed by atoms with Crippen molar-refractivity contribution in [2.75, 3.05) is 26.2 Å². The number of nitrogens with one attached hydrogen (secondary N) is 1. The van der Waals surface area contributed by atoms with Gasteiger partial charge in [0.15, 0.2) is 0 Å². The summed E-state index contributed by atoms with van der Waals surface area (Å²) in [5, 5.41) is 13.4. The Bertz CT molecular complexity index is 216. The molecule has 0 aromatic heterocycles. The Labute approximate surface area is 107 Å². The summed E-state index contributed by atoms with van der Waals surface area (Å²) in [4.78, 5) is 2.50. The van der Waals surface area contributed by atoms with Crippen LogP contribution >= 0.6 is 0 Å². The largest absolute Gasteiger partial charge is 0.394 e. The van der Waals surface area contributed by atoms with E-state index in [1.54, 1.807) is 0 Å². The van der Waals surface area contributed by atoms with Crippen molar-refractivity contribution >= 4 is 0 Å². The van der Waals surface area contributed by atoms with Crippen LogP contribution in [0.2, 0.25) is 0 Å². The van der Waals surface area contributed by atoms with Crippen LogP contribution in [0, 0.1) is 5.92 Å². The predicted molar refractivity (Wildman–Crippen MR) is 73.2 cm³/mol. The third-order valence-electron chi connectivity index (χ3n) is 3.90. The van der Waals surface area contributed by atoms with E-state index in [0.29, 0.717) is 12.0 Å². The van der Waals surface area contributed by atoms with Crippen molar-refractivity contribution in [3.8, 4) is 0 Å². The average molecular weight is 242 g/mol. The first-order valence-electron chi connectivity index (χ1n) is 7.19. The third kappa shape index (κ3) is 3.94. The summed E-state index contributed by atoms with van der Waals surface area (Å²) in [6.07, 6.45) is 3.72. The minimum absolute atomic E-state index is 0.0613. The van der Waals surface area contributed by atoms with Crippen molar-refractivity contribution in [1.82, 2.24) is 10.2 Å². The highest BCUT2D eigenvalue weighted by atomic mass is 16.3. The zero-order valence-corrected chi connectivity index (χ0v) is 12.0. The number of hydrogen-bond donors (Lipinski definition) is 2. The van der Waals surface area contributed by atoms with Crippen LogP contribution in [0.3, 0.4) is 0 Å². The third-order valence-corrected chi connectivity index (χ3v) is 3.90. The fourth-order valence-corrected chi connectivity index (χ4v) is 2.72. The van der Waals surface area contributed by atoms with Gasteiger partial charge in [0.1, 0.15) is 0 Å². The second-order valence-electron chi connectivity index (χ2n) is 5.68. The van der Waals surface area contributed by atoms with Gasteiger partial charge in [0.05, 0.1) is 12.1 Å². The summed E-state index contributed by atoms with van der Waals surface area (Å²) in [5.74, 6) is 0.672. The van der Waals surface area contributed by atoms with Crippen molar-refractivity contribution in [2.45, 2.75) is 58.5 Å². The molecule has 1 aliphatic carbocycles. The van der Waals surface area contributed by atoms with Gasteiger partial charge in [-0.2, -0.15) is 0 Å². The normalized spacial score (nSPS) is 19.9. The topological polar surface area (TPSA) is 35.5 Å². The van der Waals surface area contributed by atoms with Gasteiger partial charge in [-0.05, 0) is 52.1 Å². The van der Waals surface area contributed by atoms with Crippen LogP contribution in [0.25, 0.3) is 0 Å². The Balaban J connectivity index is 2.68. The molecule has 1 atom stereocenters. The van der Waals surface area contributed by atoms with Crippen LogP contribution in [0.1, 0.15) is 47.0 Å². The summed E-state index contributed by atoms with van der Waals surface area (Å²) in [5.41, 5.74) is -0.0613. The van der Waals surface area contributed by atoms with E-state index in [4.69, 9.17) is 0 Å². The molecule has 0 radical (unpaired) electrons. The minimum atomic E-state index is -0.0613. The molecule has 3 nitrogen and oxygen atoms in total. The van der Waals surface area contributed by atoms with Crippen molar-refractivity contribution in [3.63, 3.8) is 0 Å². The van der Waals surface area contributed by atoms with Gasteiger partial charge in [0.25, 0.3) is 0 Å². The van der Waals surface area contributed by atoms with Gasteiger partial charge < -0.3 is 10.4 Å². The standard InChI is InChI=1S/C14H30N2O/c1-5-9-16(12(3)4)10-14(11-17,15-6-2)13-7-8-13/h12-13,15,17H,5-11H2,1-4H3. The Hall–Kier alpha value is -0.120. The molecule has 17 heavy (non-hydrogen) atoms. The van der Waals surface area contributed by atoms with Gasteiger partial charge in [-0.1, -0.05) is 13.8 Å². The Morgan fingerprint density at radius 2 is 2.00 bits per heavy atom. The van der Waals surface area contributed by atoms with Crippen LogP contribution in [0.5, 0.6) is 0 Å². The molecule has 1 aliphatic rings. The number of aliphatic hydroxyl groups excluding tert-OH is 1. The maximum Gasteiger partial charge on any atom is 0.0628 e. The number of hydrogen-bond acceptors (Lipinski definition) is 3. The van der Waals surface area contributed by atoms with E-state index >= 15 is 0 Å². The van der Waals surface area contributed by atoms with Gasteiger partial charge in [-0.3, -0.25) is 4.90 Å². The molecule has 0 aromatic rings. The molecular formula is C14H30N2O. The quantitative estimate of drug-likeness (QED) is 0.648. The van der Waals surface area contributed by atoms with E-state index in [-0.39, 0.29) is 12.1 Å². The fraction of sp³-hybridized carbons (Fsp3) is 1.00. The molecule has 1 rings (SSSR count). The molecule has 102 valence electrons. The van der Waals surface area contributed by atoms with Gasteiger partial charge in [0, 0.05) is 12.6 Å². The fourth-order valence-electron chi connectivity index (χ4n) is 2.72. The lowest BCUT2D eigenvalue weighted by Gasteiger charge is -2.40. The van der Waals surface area contributed by atoms with E-state index in [1.807, 2.05) is 0 Å². The molecule has 1 saturated carbocycles. The zero-order chi connectivity index (χ0) is 12.9. The number of rotatable bonds is 9. The van der Waals surface area contributed by atoms with Crippen LogP contribution in [0.15, 0.2) is 0 Å². The van der Waals surface area contributed by atoms with Crippen LogP contribution < -0.4 is 5.32 Å². The minimum Gasteiger partial charge on any atom is -0.394 e. The smallest absolute Gasteiger partial charge is 0.0628 e. The Morgan fingerprint density at radius 1 is 1.35 bits per heavy atom. The predicted octanol–water partition coefficient (Wildman–Crippen LogP) is 1.86. The van der Waals surface area contributed by atoms with Gasteiger partial charge >= 0.3 is 0 Å². The molecule has 2 N–H and O–H groups in total. The van der Waals surface area contributed by atoms with Gasteiger partial charge in [-0.25, -0.2) is 0 Å². The summed E-state index contributed by atoms with van der Waals surface area (Å²) in [6.45, 7) is 12.2. The van der Waals surface area contributed by atoms with Gasteiger partial charge in [-0.15, -0.1) is 0 Å². The second-order valence-corrected chi connectivity index (χ2v) is 5.68. The first kappa shape index (κ1) is 14.9. The van der Waals surface area contributed by atoms with Crippen molar-refractivity contribution in [3.05, 3.63) is 0 Å². The molecule has 0 saturated heterocycles. The first-order chi connectivity index (χ1) is 8.09. The summed E-state index contributed by atoms with van der Waals surface area (Å²) >= 11 is 0. The Kier molecular flexibility index (Phi) is 5.90. The van der Waals surface area contributed by atoms with E-state index < -0.39 is 0 Å². The van der Waals surface area contributed by atoms with E-state index in [2.05, 4.69) is 37.9 Å². The number of aliphatic hydroxyl groups is 1. The van der Waals surface area contributed by atoms with Gasteiger partial charge in [0.2, 0.25) is 0 Å². The lowest BCUT2D eigenvalue weighted by Crippen LogP contribution is -2.59. The lowest BCUT2D eigenvalue weighted by molar-refractivity contribution is 0.0779. The Morgan fingerprint density at radius 3 is 2.35 bits per heavy atom. The average Bonchev–Trinajstić information content (AvgIpc) is 3.11. The number of nitrogens with zero attached hydrogens (tertiary/aromatic N) is 1. The van der Waals surface area contributed by atoms with Crippen LogP contribution in [0.4, 0.5) is 0 Å². The van der Waals surface area contributed by atoms with E-state index in [9.17, 15) is 5.11 Å². The highest BCUT2D eigenvalue weighted by Crippen LogP contribution is 2.40. The summed E-state index contributed by atoms with van der Waals surface area (Å²) < 4.78 is 0. The molecule has 1 fully saturated rings. The van der Waals surface area contributed by atoms with Crippen molar-refractivity contribution in [2.24, 2.45) is 5.92 Å². The van der Waals surface area contributed by atoms with Crippen molar-refractivity contribution < 1.29 is 5.11 Å². The molecular weight excluding hydrogens is 212 g/mol. The maximum absolute atomic E-state index is 9.83. The van der Waals surface area contributed by atoms with Crippen LogP contribution in [-0.4, -0.2) is 47.8 Å². The van der Waals surface area contributed by atoms with Crippen LogP contribution in [-0.2, 0) is 0 Å². The first-order valence-corrected chi connectivity index (χ1v) is 7.19. The maximum atomic E-state index is 9.83. The summed E-state index contributed by atoms with van der Waals surface area (Å²) in [6, 6.07) is 0.554. The molecule has 0 aliphatic heterocycles. The van der Waals surface area contributed by atoms with E-state index in [0.717, 1.165) is 19.6 Å². The second kappa shape index (κ2) is 6.72. The van der Waals surface area contributed by atoms with Crippen molar-refractivity contribution in [1.29, 1.82) is 0 Å². The molecule has 1 unspecified atom stereocenters. The molecule has 0 amide bonds. The molecule has 3 heteroatoms.